The van der Waals surface area contributed by atoms with Gasteiger partial charge in [-0.05, 0) is 69.2 Å². The minimum absolute atomic E-state index is 0.297. The number of nitrogens with one attached hydrogen (secondary N) is 1. The highest BCUT2D eigenvalue weighted by Crippen LogP contribution is 2.50. The zero-order chi connectivity index (χ0) is 20.2. The molecule has 6 heteroatoms. The molecule has 2 heterocycles. The molecule has 0 bridgehead atoms. The second-order valence-corrected chi connectivity index (χ2v) is 9.30. The fourth-order valence-corrected chi connectivity index (χ4v) is 5.42. The minimum atomic E-state index is -0.297. The van der Waals surface area contributed by atoms with Crippen molar-refractivity contribution in [3.05, 3.63) is 51.1 Å². The molecule has 0 atom stereocenters. The Morgan fingerprint density at radius 3 is 2.32 bits per heavy atom. The van der Waals surface area contributed by atoms with Crippen LogP contribution in [0.5, 0.6) is 11.5 Å². The Kier molecular flexibility index (Phi) is 4.51. The summed E-state index contributed by atoms with van der Waals surface area (Å²) in [5, 5.41) is 3.67. The number of anilines is 1. The molecule has 1 aromatic heterocycles. The van der Waals surface area contributed by atoms with Crippen LogP contribution in [-0.2, 0) is 5.54 Å². The summed E-state index contributed by atoms with van der Waals surface area (Å²) in [4.78, 5) is 1.17. The van der Waals surface area contributed by atoms with Gasteiger partial charge in [-0.2, -0.15) is 0 Å². The van der Waals surface area contributed by atoms with Gasteiger partial charge in [0, 0.05) is 23.0 Å². The molecule has 2 aromatic carbocycles. The van der Waals surface area contributed by atoms with Crippen LogP contribution in [0.4, 0.5) is 5.69 Å². The van der Waals surface area contributed by atoms with Gasteiger partial charge in [0.1, 0.15) is 0 Å². The van der Waals surface area contributed by atoms with Gasteiger partial charge in [-0.25, -0.2) is 0 Å². The number of rotatable bonds is 3. The third-order valence-electron chi connectivity index (χ3n) is 5.37. The third-order valence-corrected chi connectivity index (χ3v) is 6.77. The molecule has 1 aliphatic heterocycles. The van der Waals surface area contributed by atoms with Crippen LogP contribution in [0.2, 0.25) is 0 Å². The van der Waals surface area contributed by atoms with E-state index in [4.69, 9.17) is 21.7 Å². The summed E-state index contributed by atoms with van der Waals surface area (Å²) < 4.78 is 14.1. The van der Waals surface area contributed by atoms with Gasteiger partial charge in [0.25, 0.3) is 0 Å². The molecule has 0 radical (unpaired) electrons. The lowest BCUT2D eigenvalue weighted by atomic mass is 9.90. The van der Waals surface area contributed by atoms with E-state index in [1.807, 2.05) is 12.1 Å². The first-order chi connectivity index (χ1) is 13.3. The monoisotopic (exact) mass is 412 g/mol. The molecule has 0 fully saturated rings. The molecule has 146 valence electrons. The summed E-state index contributed by atoms with van der Waals surface area (Å²) in [5.41, 5.74) is 6.62. The maximum absolute atomic E-state index is 5.82. The maximum Gasteiger partial charge on any atom is 0.166 e. The lowest BCUT2D eigenvalue weighted by Gasteiger charge is -2.35. The van der Waals surface area contributed by atoms with E-state index < -0.39 is 0 Å². The van der Waals surface area contributed by atoms with E-state index in [-0.39, 0.29) is 5.54 Å². The molecule has 0 spiro atoms. The highest BCUT2D eigenvalue weighted by Gasteiger charge is 2.36. The number of fused-ring (bicyclic) bond motifs is 3. The number of hydrogen-bond donors (Lipinski definition) is 1. The summed E-state index contributed by atoms with van der Waals surface area (Å²) in [7, 11) is 3.32. The van der Waals surface area contributed by atoms with Crippen LogP contribution in [0.15, 0.2) is 30.3 Å². The molecule has 0 amide bonds. The Balaban J connectivity index is 2.02. The van der Waals surface area contributed by atoms with E-state index in [1.165, 1.54) is 21.7 Å². The average molecular weight is 413 g/mol. The summed E-state index contributed by atoms with van der Waals surface area (Å²) in [5.74, 6) is 1.43. The predicted molar refractivity (Wildman–Crippen MR) is 119 cm³/mol. The van der Waals surface area contributed by atoms with Crippen LogP contribution >= 0.6 is 23.6 Å². The molecular weight excluding hydrogens is 388 g/mol. The Bertz CT molecular complexity index is 1140. The van der Waals surface area contributed by atoms with Gasteiger partial charge in [-0.15, -0.1) is 11.3 Å². The fraction of sp³-hybridized carbons (Fsp3) is 0.318. The van der Waals surface area contributed by atoms with E-state index in [1.54, 1.807) is 25.6 Å². The van der Waals surface area contributed by atoms with Crippen molar-refractivity contribution >= 4 is 29.2 Å². The van der Waals surface area contributed by atoms with Gasteiger partial charge in [0.05, 0.1) is 30.3 Å². The van der Waals surface area contributed by atoms with E-state index in [0.29, 0.717) is 11.5 Å². The fourth-order valence-electron chi connectivity index (χ4n) is 3.79. The van der Waals surface area contributed by atoms with Crippen LogP contribution in [0.1, 0.15) is 30.7 Å². The number of thiazole rings is 1. The number of benzene rings is 2. The summed E-state index contributed by atoms with van der Waals surface area (Å²) in [6.07, 6.45) is 0. The topological polar surface area (TPSA) is 35.4 Å². The Morgan fingerprint density at radius 2 is 1.68 bits per heavy atom. The van der Waals surface area contributed by atoms with E-state index in [9.17, 15) is 0 Å². The second-order valence-electron chi connectivity index (χ2n) is 7.65. The van der Waals surface area contributed by atoms with Crippen LogP contribution in [0.25, 0.3) is 16.1 Å². The van der Waals surface area contributed by atoms with Gasteiger partial charge in [0.15, 0.2) is 15.5 Å². The predicted octanol–water partition coefficient (Wildman–Crippen LogP) is 6.23. The summed E-state index contributed by atoms with van der Waals surface area (Å²) in [6.45, 7) is 8.63. The van der Waals surface area contributed by atoms with Crippen molar-refractivity contribution < 1.29 is 9.47 Å². The Labute approximate surface area is 174 Å². The molecule has 1 aliphatic rings. The highest BCUT2D eigenvalue weighted by atomic mass is 32.1. The number of aryl methyl sites for hydroxylation is 2. The molecule has 4 rings (SSSR count). The lowest BCUT2D eigenvalue weighted by Crippen LogP contribution is -2.34. The quantitative estimate of drug-likeness (QED) is 0.517. The van der Waals surface area contributed by atoms with Crippen molar-refractivity contribution in [2.75, 3.05) is 19.5 Å². The van der Waals surface area contributed by atoms with Gasteiger partial charge in [0.2, 0.25) is 0 Å². The van der Waals surface area contributed by atoms with Gasteiger partial charge in [-0.3, -0.25) is 4.57 Å². The molecule has 1 N–H and O–H groups in total. The maximum atomic E-state index is 5.82. The van der Waals surface area contributed by atoms with Crippen LogP contribution < -0.4 is 14.8 Å². The average Bonchev–Trinajstić information content (AvgIpc) is 3.01. The smallest absolute Gasteiger partial charge is 0.166 e. The second kappa shape index (κ2) is 6.64. The molecule has 0 unspecified atom stereocenters. The zero-order valence-corrected chi connectivity index (χ0v) is 18.6. The highest BCUT2D eigenvalue weighted by molar-refractivity contribution is 7.73. The molecule has 0 aliphatic carbocycles. The number of hydrogen-bond acceptors (Lipinski definition) is 5. The first-order valence-corrected chi connectivity index (χ1v) is 10.4. The zero-order valence-electron chi connectivity index (χ0n) is 17.0. The van der Waals surface area contributed by atoms with E-state index in [0.717, 1.165) is 20.9 Å². The summed E-state index contributed by atoms with van der Waals surface area (Å²) >= 11 is 7.46. The largest absolute Gasteiger partial charge is 0.493 e. The molecule has 3 aromatic rings. The number of ether oxygens (including phenoxy) is 2. The molecule has 28 heavy (non-hydrogen) atoms. The van der Waals surface area contributed by atoms with Crippen molar-refractivity contribution in [2.45, 2.75) is 33.2 Å². The first-order valence-electron chi connectivity index (χ1n) is 9.15. The van der Waals surface area contributed by atoms with Crippen LogP contribution in [0.3, 0.4) is 0 Å². The lowest BCUT2D eigenvalue weighted by molar-refractivity contribution is 0.355. The normalized spacial score (nSPS) is 14.1. The van der Waals surface area contributed by atoms with Crippen molar-refractivity contribution in [3.8, 4) is 27.6 Å². The molecular formula is C22H24N2O2S2. The summed E-state index contributed by atoms with van der Waals surface area (Å²) in [6, 6.07) is 10.5. The van der Waals surface area contributed by atoms with Crippen molar-refractivity contribution in [1.29, 1.82) is 0 Å². The minimum Gasteiger partial charge on any atom is -0.493 e. The number of aromatic nitrogens is 1. The molecule has 0 saturated carbocycles. The van der Waals surface area contributed by atoms with E-state index >= 15 is 0 Å². The van der Waals surface area contributed by atoms with Crippen LogP contribution in [-0.4, -0.2) is 18.8 Å². The van der Waals surface area contributed by atoms with Gasteiger partial charge < -0.3 is 14.8 Å². The Hall–Kier alpha value is -2.31. The third kappa shape index (κ3) is 2.83. The number of nitrogens with zero attached hydrogens (tertiary/aromatic N) is 1. The SMILES string of the molecule is COc1cc2c(cc1OC)-c1sc(=S)n(-c3ccc(C)c(C)c3)c1C(C)(C)N2. The van der Waals surface area contributed by atoms with Gasteiger partial charge in [-0.1, -0.05) is 6.07 Å². The van der Waals surface area contributed by atoms with Gasteiger partial charge >= 0.3 is 0 Å². The van der Waals surface area contributed by atoms with Crippen LogP contribution in [0, 0.1) is 17.8 Å². The van der Waals surface area contributed by atoms with E-state index in [2.05, 4.69) is 55.8 Å². The standard InChI is InChI=1S/C22H24N2O2S2/c1-12-7-8-14(9-13(12)2)24-20-19(28-21(24)27)15-10-17(25-5)18(26-6)11-16(15)23-22(20,3)4/h7-11,23H,1-6H3. The van der Waals surface area contributed by atoms with Crippen molar-refractivity contribution in [3.63, 3.8) is 0 Å². The van der Waals surface area contributed by atoms with Crippen molar-refractivity contribution in [2.24, 2.45) is 0 Å². The number of methoxy groups -OCH3 is 2. The molecule has 0 saturated heterocycles. The van der Waals surface area contributed by atoms with Crippen molar-refractivity contribution in [1.82, 2.24) is 4.57 Å². The first kappa shape index (κ1) is 19.0. The molecule has 4 nitrogen and oxygen atoms in total. The Morgan fingerprint density at radius 1 is 1.00 bits per heavy atom.